The van der Waals surface area contributed by atoms with Gasteiger partial charge in [-0.2, -0.15) is 5.26 Å². The molecule has 21 heavy (non-hydrogen) atoms. The van der Waals surface area contributed by atoms with Crippen LogP contribution in [0.3, 0.4) is 0 Å². The van der Waals surface area contributed by atoms with Crippen molar-refractivity contribution in [3.05, 3.63) is 58.1 Å². The quantitative estimate of drug-likeness (QED) is 0.920. The lowest BCUT2D eigenvalue weighted by atomic mass is 10.2. The van der Waals surface area contributed by atoms with E-state index in [4.69, 9.17) is 10.00 Å². The minimum atomic E-state index is -0.315. The molecule has 4 nitrogen and oxygen atoms in total. The highest BCUT2D eigenvalue weighted by Gasteiger charge is 2.08. The number of rotatable bonds is 4. The molecule has 0 aliphatic rings. The maximum absolute atomic E-state index is 11.9. The number of hydrogen-bond donors (Lipinski definition) is 1. The van der Waals surface area contributed by atoms with Gasteiger partial charge in [0.1, 0.15) is 11.8 Å². The first kappa shape index (κ1) is 15.1. The molecule has 0 aliphatic carbocycles. The Bertz CT molecular complexity index is 708. The number of nitriles is 1. The van der Waals surface area contributed by atoms with Gasteiger partial charge in [0.25, 0.3) is 5.91 Å². The first-order valence-electron chi connectivity index (χ1n) is 6.28. The van der Waals surface area contributed by atoms with Crippen molar-refractivity contribution < 1.29 is 9.53 Å². The summed E-state index contributed by atoms with van der Waals surface area (Å²) < 4.78 is 6.26. The third-order valence-electron chi connectivity index (χ3n) is 2.77. The molecule has 1 N–H and O–H groups in total. The number of halogens is 1. The van der Waals surface area contributed by atoms with Gasteiger partial charge in [0.15, 0.2) is 6.61 Å². The van der Waals surface area contributed by atoms with Crippen LogP contribution in [0.15, 0.2) is 46.9 Å². The molecule has 2 aromatic carbocycles. The van der Waals surface area contributed by atoms with E-state index in [-0.39, 0.29) is 12.5 Å². The summed E-state index contributed by atoms with van der Waals surface area (Å²) in [4.78, 5) is 11.9. The minimum absolute atomic E-state index is 0.124. The van der Waals surface area contributed by atoms with E-state index in [1.807, 2.05) is 25.1 Å². The second-order valence-corrected chi connectivity index (χ2v) is 5.28. The van der Waals surface area contributed by atoms with Gasteiger partial charge in [-0.05, 0) is 52.7 Å². The van der Waals surface area contributed by atoms with Crippen LogP contribution < -0.4 is 10.1 Å². The third kappa shape index (κ3) is 4.07. The molecule has 0 saturated carbocycles. The van der Waals surface area contributed by atoms with Crippen molar-refractivity contribution in [2.24, 2.45) is 0 Å². The zero-order valence-electron chi connectivity index (χ0n) is 11.4. The number of para-hydroxylation sites is 1. The molecule has 0 aromatic heterocycles. The van der Waals surface area contributed by atoms with Gasteiger partial charge in [0, 0.05) is 0 Å². The first-order valence-corrected chi connectivity index (χ1v) is 7.07. The molecule has 0 heterocycles. The third-order valence-corrected chi connectivity index (χ3v) is 3.39. The number of ether oxygens (including phenoxy) is 1. The molecule has 0 saturated heterocycles. The van der Waals surface area contributed by atoms with Gasteiger partial charge in [-0.25, -0.2) is 0 Å². The summed E-state index contributed by atoms with van der Waals surface area (Å²) in [6.45, 7) is 1.85. The molecule has 5 heteroatoms. The topological polar surface area (TPSA) is 62.1 Å². The zero-order valence-corrected chi connectivity index (χ0v) is 13.0. The molecule has 0 fully saturated rings. The monoisotopic (exact) mass is 344 g/mol. The Balaban J connectivity index is 1.98. The summed E-state index contributed by atoms with van der Waals surface area (Å²) in [5.41, 5.74) is 2.00. The Labute approximate surface area is 131 Å². The number of benzene rings is 2. The Kier molecular flexibility index (Phi) is 4.96. The Morgan fingerprint density at radius 2 is 2.10 bits per heavy atom. The summed E-state index contributed by atoms with van der Waals surface area (Å²) in [5.74, 6) is 0.287. The number of nitrogens with zero attached hydrogens (tertiary/aromatic N) is 1. The predicted molar refractivity (Wildman–Crippen MR) is 84.2 cm³/mol. The summed E-state index contributed by atoms with van der Waals surface area (Å²) in [6, 6.07) is 14.5. The van der Waals surface area contributed by atoms with Crippen LogP contribution in [0.2, 0.25) is 0 Å². The van der Waals surface area contributed by atoms with E-state index in [0.29, 0.717) is 17.0 Å². The zero-order chi connectivity index (χ0) is 15.2. The van der Waals surface area contributed by atoms with Crippen molar-refractivity contribution >= 4 is 27.5 Å². The highest BCUT2D eigenvalue weighted by atomic mass is 79.9. The first-order chi connectivity index (χ1) is 10.1. The molecular formula is C16H13BrN2O2. The van der Waals surface area contributed by atoms with E-state index >= 15 is 0 Å². The van der Waals surface area contributed by atoms with E-state index in [0.717, 1.165) is 10.0 Å². The van der Waals surface area contributed by atoms with Crippen LogP contribution in [0.5, 0.6) is 5.75 Å². The van der Waals surface area contributed by atoms with Crippen molar-refractivity contribution in [3.63, 3.8) is 0 Å². The van der Waals surface area contributed by atoms with Gasteiger partial charge in [-0.3, -0.25) is 4.79 Å². The number of amides is 1. The average molecular weight is 345 g/mol. The van der Waals surface area contributed by atoms with E-state index < -0.39 is 0 Å². The van der Waals surface area contributed by atoms with Crippen LogP contribution >= 0.6 is 15.9 Å². The van der Waals surface area contributed by atoms with Gasteiger partial charge in [0.05, 0.1) is 15.7 Å². The second kappa shape index (κ2) is 6.91. The van der Waals surface area contributed by atoms with Crippen LogP contribution in [-0.2, 0) is 4.79 Å². The lowest BCUT2D eigenvalue weighted by Crippen LogP contribution is -2.20. The van der Waals surface area contributed by atoms with Crippen LogP contribution in [0.4, 0.5) is 5.69 Å². The van der Waals surface area contributed by atoms with E-state index in [1.54, 1.807) is 30.3 Å². The fraction of sp³-hybridized carbons (Fsp3) is 0.125. The smallest absolute Gasteiger partial charge is 0.262 e. The number of carbonyl (C=O) groups is 1. The summed E-state index contributed by atoms with van der Waals surface area (Å²) in [7, 11) is 0. The van der Waals surface area contributed by atoms with Crippen LogP contribution in [0.25, 0.3) is 0 Å². The highest BCUT2D eigenvalue weighted by molar-refractivity contribution is 9.10. The molecule has 0 bridgehead atoms. The lowest BCUT2D eigenvalue weighted by Gasteiger charge is -2.10. The van der Waals surface area contributed by atoms with Gasteiger partial charge in [0.2, 0.25) is 0 Å². The van der Waals surface area contributed by atoms with Crippen molar-refractivity contribution in [2.45, 2.75) is 6.92 Å². The normalized spacial score (nSPS) is 9.76. The average Bonchev–Trinajstić information content (AvgIpc) is 2.47. The van der Waals surface area contributed by atoms with Crippen molar-refractivity contribution in [3.8, 4) is 11.8 Å². The Morgan fingerprint density at radius 1 is 1.33 bits per heavy atom. The standard InChI is InChI=1S/C16H13BrN2O2/c1-11-6-7-15(13(17)8-11)21-10-16(20)19-14-5-3-2-4-12(14)9-18/h2-8H,10H2,1H3,(H,19,20). The Hall–Kier alpha value is -2.32. The summed E-state index contributed by atoms with van der Waals surface area (Å²) in [5, 5.41) is 11.6. The number of hydrogen-bond acceptors (Lipinski definition) is 3. The molecule has 0 atom stereocenters. The van der Waals surface area contributed by atoms with Crippen molar-refractivity contribution in [1.82, 2.24) is 0 Å². The molecule has 0 aliphatic heterocycles. The van der Waals surface area contributed by atoms with Gasteiger partial charge in [-0.15, -0.1) is 0 Å². The Morgan fingerprint density at radius 3 is 2.81 bits per heavy atom. The van der Waals surface area contributed by atoms with Crippen LogP contribution in [0, 0.1) is 18.3 Å². The highest BCUT2D eigenvalue weighted by Crippen LogP contribution is 2.25. The van der Waals surface area contributed by atoms with Crippen LogP contribution in [0.1, 0.15) is 11.1 Å². The fourth-order valence-corrected chi connectivity index (χ4v) is 2.35. The SMILES string of the molecule is Cc1ccc(OCC(=O)Nc2ccccc2C#N)c(Br)c1. The molecular weight excluding hydrogens is 332 g/mol. The molecule has 0 spiro atoms. The molecule has 0 unspecified atom stereocenters. The number of aryl methyl sites for hydroxylation is 1. The number of nitrogens with one attached hydrogen (secondary N) is 1. The van der Waals surface area contributed by atoms with Gasteiger partial charge < -0.3 is 10.1 Å². The predicted octanol–water partition coefficient (Wildman–Crippen LogP) is 3.65. The lowest BCUT2D eigenvalue weighted by molar-refractivity contribution is -0.118. The summed E-state index contributed by atoms with van der Waals surface area (Å²) in [6.07, 6.45) is 0. The van der Waals surface area contributed by atoms with Gasteiger partial charge in [-0.1, -0.05) is 18.2 Å². The minimum Gasteiger partial charge on any atom is -0.483 e. The fourth-order valence-electron chi connectivity index (χ4n) is 1.74. The molecule has 106 valence electrons. The van der Waals surface area contributed by atoms with Crippen LogP contribution in [-0.4, -0.2) is 12.5 Å². The molecule has 1 amide bonds. The maximum atomic E-state index is 11.9. The summed E-state index contributed by atoms with van der Waals surface area (Å²) >= 11 is 3.39. The molecule has 0 radical (unpaired) electrons. The maximum Gasteiger partial charge on any atom is 0.262 e. The molecule has 2 rings (SSSR count). The van der Waals surface area contributed by atoms with E-state index in [1.165, 1.54) is 0 Å². The van der Waals surface area contributed by atoms with Crippen molar-refractivity contribution in [1.29, 1.82) is 5.26 Å². The van der Waals surface area contributed by atoms with E-state index in [2.05, 4.69) is 21.2 Å². The second-order valence-electron chi connectivity index (χ2n) is 4.43. The number of anilines is 1. The molecule has 2 aromatic rings. The largest absolute Gasteiger partial charge is 0.483 e. The van der Waals surface area contributed by atoms with Gasteiger partial charge >= 0.3 is 0 Å². The van der Waals surface area contributed by atoms with E-state index in [9.17, 15) is 4.79 Å². The van der Waals surface area contributed by atoms with Crippen molar-refractivity contribution in [2.75, 3.05) is 11.9 Å². The number of carbonyl (C=O) groups excluding carboxylic acids is 1.